The molecule has 2 rings (SSSR count). The van der Waals surface area contributed by atoms with E-state index in [-0.39, 0.29) is 6.23 Å². The molecule has 1 fully saturated rings. The van der Waals surface area contributed by atoms with Crippen molar-refractivity contribution in [1.29, 1.82) is 0 Å². The molecule has 16 heavy (non-hydrogen) atoms. The lowest BCUT2D eigenvalue weighted by atomic mass is 10.1. The molecule has 1 atom stereocenters. The first-order chi connectivity index (χ1) is 7.70. The number of aryl methyl sites for hydroxylation is 1. The Morgan fingerprint density at radius 1 is 1.50 bits per heavy atom. The zero-order valence-corrected chi connectivity index (χ0v) is 10.3. The van der Waals surface area contributed by atoms with Gasteiger partial charge >= 0.3 is 0 Å². The van der Waals surface area contributed by atoms with Gasteiger partial charge in [-0.05, 0) is 31.0 Å². The molecule has 88 valence electrons. The van der Waals surface area contributed by atoms with Crippen LogP contribution in [0.4, 0.5) is 11.4 Å². The van der Waals surface area contributed by atoms with Crippen molar-refractivity contribution in [3.05, 3.63) is 23.8 Å². The second-order valence-electron chi connectivity index (χ2n) is 4.41. The van der Waals surface area contributed by atoms with Gasteiger partial charge in [0.1, 0.15) is 0 Å². The highest BCUT2D eigenvalue weighted by molar-refractivity contribution is 5.71. The van der Waals surface area contributed by atoms with E-state index >= 15 is 0 Å². The van der Waals surface area contributed by atoms with Crippen LogP contribution in [0, 0.1) is 6.92 Å². The van der Waals surface area contributed by atoms with E-state index in [0.717, 1.165) is 19.6 Å². The van der Waals surface area contributed by atoms with Crippen molar-refractivity contribution in [1.82, 2.24) is 0 Å². The van der Waals surface area contributed by atoms with Crippen molar-refractivity contribution in [3.63, 3.8) is 0 Å². The first kappa shape index (κ1) is 11.3. The Morgan fingerprint density at radius 2 is 2.25 bits per heavy atom. The standard InChI is InChI=1S/C13H20N2O/c1-4-7-15(3)12-6-5-10(2)8-11(12)14-13-9-16-13/h5-6,8,13-14H,4,7,9H2,1-3H3. The predicted octanol–water partition coefficient (Wildman–Crippen LogP) is 2.61. The van der Waals surface area contributed by atoms with Crippen molar-refractivity contribution in [2.24, 2.45) is 0 Å². The molecule has 1 saturated heterocycles. The van der Waals surface area contributed by atoms with E-state index in [0.29, 0.717) is 0 Å². The molecule has 0 bridgehead atoms. The van der Waals surface area contributed by atoms with E-state index in [9.17, 15) is 0 Å². The van der Waals surface area contributed by atoms with Crippen LogP contribution in [0.25, 0.3) is 0 Å². The van der Waals surface area contributed by atoms with E-state index in [1.54, 1.807) is 0 Å². The first-order valence-corrected chi connectivity index (χ1v) is 5.90. The Kier molecular flexibility index (Phi) is 3.34. The third kappa shape index (κ3) is 2.67. The summed E-state index contributed by atoms with van der Waals surface area (Å²) in [7, 11) is 2.13. The van der Waals surface area contributed by atoms with E-state index in [1.165, 1.54) is 16.9 Å². The van der Waals surface area contributed by atoms with Crippen LogP contribution in [-0.2, 0) is 4.74 Å². The topological polar surface area (TPSA) is 27.8 Å². The molecule has 1 aliphatic rings. The summed E-state index contributed by atoms with van der Waals surface area (Å²) in [6.45, 7) is 6.21. The molecule has 0 spiro atoms. The normalized spacial score (nSPS) is 18.3. The molecule has 1 aliphatic heterocycles. The van der Waals surface area contributed by atoms with Crippen LogP contribution in [0.3, 0.4) is 0 Å². The van der Waals surface area contributed by atoms with Gasteiger partial charge in [0.2, 0.25) is 0 Å². The fourth-order valence-corrected chi connectivity index (χ4v) is 1.86. The van der Waals surface area contributed by atoms with Gasteiger partial charge in [-0.25, -0.2) is 0 Å². The highest BCUT2D eigenvalue weighted by atomic mass is 16.6. The summed E-state index contributed by atoms with van der Waals surface area (Å²) >= 11 is 0. The molecule has 3 heteroatoms. The minimum atomic E-state index is 0.218. The molecule has 1 aromatic rings. The van der Waals surface area contributed by atoms with Crippen molar-refractivity contribution >= 4 is 11.4 Å². The van der Waals surface area contributed by atoms with E-state index < -0.39 is 0 Å². The smallest absolute Gasteiger partial charge is 0.151 e. The Bertz CT molecular complexity index is 361. The minimum absolute atomic E-state index is 0.218. The number of ether oxygens (including phenoxy) is 1. The lowest BCUT2D eigenvalue weighted by Gasteiger charge is -2.22. The van der Waals surface area contributed by atoms with Crippen LogP contribution in [0.2, 0.25) is 0 Å². The SMILES string of the molecule is CCCN(C)c1ccc(C)cc1NC1CO1. The summed E-state index contributed by atoms with van der Waals surface area (Å²) in [6.07, 6.45) is 1.37. The van der Waals surface area contributed by atoms with Crippen molar-refractivity contribution < 1.29 is 4.74 Å². The molecule has 0 radical (unpaired) electrons. The summed E-state index contributed by atoms with van der Waals surface area (Å²) in [5.41, 5.74) is 3.71. The lowest BCUT2D eigenvalue weighted by Crippen LogP contribution is -2.20. The van der Waals surface area contributed by atoms with E-state index in [1.807, 2.05) is 0 Å². The number of epoxide rings is 1. The summed E-state index contributed by atoms with van der Waals surface area (Å²) in [5.74, 6) is 0. The molecular formula is C13H20N2O. The zero-order valence-electron chi connectivity index (χ0n) is 10.3. The summed E-state index contributed by atoms with van der Waals surface area (Å²) in [5, 5.41) is 3.40. The van der Waals surface area contributed by atoms with E-state index in [2.05, 4.69) is 49.3 Å². The van der Waals surface area contributed by atoms with Gasteiger partial charge in [-0.15, -0.1) is 0 Å². The van der Waals surface area contributed by atoms with Gasteiger partial charge in [0.05, 0.1) is 18.0 Å². The number of rotatable bonds is 5. The van der Waals surface area contributed by atoms with Crippen LogP contribution in [0.15, 0.2) is 18.2 Å². The largest absolute Gasteiger partial charge is 0.373 e. The fraction of sp³-hybridized carbons (Fsp3) is 0.538. The van der Waals surface area contributed by atoms with Gasteiger partial charge in [0, 0.05) is 13.6 Å². The highest BCUT2D eigenvalue weighted by Gasteiger charge is 2.23. The van der Waals surface area contributed by atoms with Crippen LogP contribution >= 0.6 is 0 Å². The molecule has 0 saturated carbocycles. The van der Waals surface area contributed by atoms with Gasteiger partial charge in [-0.1, -0.05) is 13.0 Å². The predicted molar refractivity (Wildman–Crippen MR) is 68.1 cm³/mol. The Balaban J connectivity index is 2.19. The van der Waals surface area contributed by atoms with Crippen LogP contribution < -0.4 is 10.2 Å². The molecule has 0 aliphatic carbocycles. The summed E-state index contributed by atoms with van der Waals surface area (Å²) in [6, 6.07) is 6.51. The minimum Gasteiger partial charge on any atom is -0.373 e. The van der Waals surface area contributed by atoms with Gasteiger partial charge in [0.15, 0.2) is 6.23 Å². The fourth-order valence-electron chi connectivity index (χ4n) is 1.86. The average molecular weight is 220 g/mol. The first-order valence-electron chi connectivity index (χ1n) is 5.90. The maximum Gasteiger partial charge on any atom is 0.151 e. The number of hydrogen-bond acceptors (Lipinski definition) is 3. The molecule has 3 nitrogen and oxygen atoms in total. The van der Waals surface area contributed by atoms with Gasteiger partial charge in [-0.2, -0.15) is 0 Å². The number of hydrogen-bond donors (Lipinski definition) is 1. The van der Waals surface area contributed by atoms with Gasteiger partial charge in [-0.3, -0.25) is 0 Å². The monoisotopic (exact) mass is 220 g/mol. The second kappa shape index (κ2) is 4.74. The Morgan fingerprint density at radius 3 is 2.88 bits per heavy atom. The number of anilines is 2. The highest BCUT2D eigenvalue weighted by Crippen LogP contribution is 2.28. The Labute approximate surface area is 97.4 Å². The van der Waals surface area contributed by atoms with Gasteiger partial charge < -0.3 is 15.0 Å². The summed E-state index contributed by atoms with van der Waals surface area (Å²) in [4.78, 5) is 2.28. The van der Waals surface area contributed by atoms with Crippen LogP contribution in [0.1, 0.15) is 18.9 Å². The quantitative estimate of drug-likeness (QED) is 0.773. The van der Waals surface area contributed by atoms with Crippen molar-refractivity contribution in [2.75, 3.05) is 30.4 Å². The zero-order chi connectivity index (χ0) is 11.5. The van der Waals surface area contributed by atoms with Gasteiger partial charge in [0.25, 0.3) is 0 Å². The molecule has 1 heterocycles. The third-order valence-electron chi connectivity index (χ3n) is 2.77. The van der Waals surface area contributed by atoms with Crippen molar-refractivity contribution in [3.8, 4) is 0 Å². The van der Waals surface area contributed by atoms with Crippen molar-refractivity contribution in [2.45, 2.75) is 26.5 Å². The molecular weight excluding hydrogens is 200 g/mol. The summed E-state index contributed by atoms with van der Waals surface area (Å²) < 4.78 is 5.22. The maximum atomic E-state index is 5.22. The molecule has 1 unspecified atom stereocenters. The second-order valence-corrected chi connectivity index (χ2v) is 4.41. The Hall–Kier alpha value is -1.22. The molecule has 1 aromatic carbocycles. The molecule has 0 aromatic heterocycles. The van der Waals surface area contributed by atoms with Crippen LogP contribution in [0.5, 0.6) is 0 Å². The van der Waals surface area contributed by atoms with Crippen LogP contribution in [-0.4, -0.2) is 26.4 Å². The average Bonchev–Trinajstić information content (AvgIpc) is 3.02. The number of nitrogens with zero attached hydrogens (tertiary/aromatic N) is 1. The lowest BCUT2D eigenvalue weighted by molar-refractivity contribution is 0.428. The molecule has 0 amide bonds. The molecule has 1 N–H and O–H groups in total. The third-order valence-corrected chi connectivity index (χ3v) is 2.77. The maximum absolute atomic E-state index is 5.22. The van der Waals surface area contributed by atoms with E-state index in [4.69, 9.17) is 4.74 Å². The number of nitrogens with one attached hydrogen (secondary N) is 1. The number of benzene rings is 1.